The van der Waals surface area contributed by atoms with Crippen molar-refractivity contribution in [3.63, 3.8) is 0 Å². The molecule has 17 heavy (non-hydrogen) atoms. The van der Waals surface area contributed by atoms with Gasteiger partial charge in [0.05, 0.1) is 12.3 Å². The van der Waals surface area contributed by atoms with E-state index in [-0.39, 0.29) is 18.8 Å². The Labute approximate surface area is 105 Å². The zero-order chi connectivity index (χ0) is 12.8. The van der Waals surface area contributed by atoms with E-state index in [2.05, 4.69) is 26.6 Å². The van der Waals surface area contributed by atoms with Crippen molar-refractivity contribution in [1.29, 1.82) is 0 Å². The van der Waals surface area contributed by atoms with Crippen LogP contribution < -0.4 is 10.6 Å². The van der Waals surface area contributed by atoms with E-state index >= 15 is 0 Å². The van der Waals surface area contributed by atoms with Crippen LogP contribution in [0.4, 0.5) is 10.1 Å². The number of benzene rings is 1. The van der Waals surface area contributed by atoms with Crippen LogP contribution >= 0.6 is 15.9 Å². The summed E-state index contributed by atoms with van der Waals surface area (Å²) in [6, 6.07) is 4.03. The number of halogens is 2. The van der Waals surface area contributed by atoms with Crippen molar-refractivity contribution >= 4 is 33.4 Å². The van der Waals surface area contributed by atoms with Crippen LogP contribution in [0.1, 0.15) is 0 Å². The van der Waals surface area contributed by atoms with Crippen LogP contribution in [-0.4, -0.2) is 30.1 Å². The van der Waals surface area contributed by atoms with E-state index in [1.807, 2.05) is 0 Å². The third-order valence-electron chi connectivity index (χ3n) is 1.78. The van der Waals surface area contributed by atoms with Crippen molar-refractivity contribution in [2.24, 2.45) is 0 Å². The molecule has 0 aliphatic rings. The van der Waals surface area contributed by atoms with Gasteiger partial charge in [0.1, 0.15) is 5.82 Å². The molecule has 5 nitrogen and oxygen atoms in total. The second kappa shape index (κ2) is 6.31. The number of hydrogen-bond acceptors (Lipinski definition) is 3. The highest BCUT2D eigenvalue weighted by Gasteiger charge is 2.14. The third kappa shape index (κ3) is 4.12. The molecule has 7 heteroatoms. The molecule has 0 aromatic heterocycles. The highest BCUT2D eigenvalue weighted by Crippen LogP contribution is 2.19. The van der Waals surface area contributed by atoms with Gasteiger partial charge in [0.2, 0.25) is 0 Å². The van der Waals surface area contributed by atoms with Crippen molar-refractivity contribution in [2.45, 2.75) is 0 Å². The predicted molar refractivity (Wildman–Crippen MR) is 62.8 cm³/mol. The Morgan fingerprint density at radius 3 is 2.65 bits per heavy atom. The molecule has 0 heterocycles. The van der Waals surface area contributed by atoms with E-state index in [1.54, 1.807) is 0 Å². The lowest BCUT2D eigenvalue weighted by molar-refractivity contribution is -0.136. The highest BCUT2D eigenvalue weighted by molar-refractivity contribution is 9.10. The van der Waals surface area contributed by atoms with Gasteiger partial charge in [-0.3, -0.25) is 9.59 Å². The monoisotopic (exact) mass is 304 g/mol. The Morgan fingerprint density at radius 1 is 1.35 bits per heavy atom. The third-order valence-corrected chi connectivity index (χ3v) is 2.28. The predicted octanol–water partition coefficient (Wildman–Crippen LogP) is 0.635. The van der Waals surface area contributed by atoms with Crippen LogP contribution in [0.2, 0.25) is 0 Å². The summed E-state index contributed by atoms with van der Waals surface area (Å²) in [5.74, 6) is -2.57. The Hall–Kier alpha value is -1.47. The molecule has 1 aromatic carbocycles. The Bertz CT molecular complexity index is 440. The van der Waals surface area contributed by atoms with Gasteiger partial charge in [0, 0.05) is 11.0 Å². The van der Waals surface area contributed by atoms with Gasteiger partial charge in [-0.15, -0.1) is 0 Å². The highest BCUT2D eigenvalue weighted by atomic mass is 79.9. The molecule has 2 amide bonds. The fourth-order valence-electron chi connectivity index (χ4n) is 1.02. The van der Waals surface area contributed by atoms with Gasteiger partial charge in [-0.2, -0.15) is 0 Å². The number of carbonyl (C=O) groups excluding carboxylic acids is 2. The van der Waals surface area contributed by atoms with Crippen LogP contribution in [0.25, 0.3) is 0 Å². The minimum absolute atomic E-state index is 0.0327. The second-order valence-electron chi connectivity index (χ2n) is 3.06. The van der Waals surface area contributed by atoms with Crippen molar-refractivity contribution in [1.82, 2.24) is 5.32 Å². The molecular weight excluding hydrogens is 295 g/mol. The zero-order valence-electron chi connectivity index (χ0n) is 8.67. The first-order valence-electron chi connectivity index (χ1n) is 4.69. The Kier molecular flexibility index (Phi) is 5.05. The molecule has 92 valence electrons. The smallest absolute Gasteiger partial charge is 0.313 e. The lowest BCUT2D eigenvalue weighted by atomic mass is 10.3. The van der Waals surface area contributed by atoms with Crippen molar-refractivity contribution in [2.75, 3.05) is 18.5 Å². The molecule has 0 unspecified atom stereocenters. The van der Waals surface area contributed by atoms with E-state index in [0.29, 0.717) is 4.47 Å². The Morgan fingerprint density at radius 2 is 2.06 bits per heavy atom. The van der Waals surface area contributed by atoms with E-state index in [0.717, 1.165) is 0 Å². The maximum Gasteiger partial charge on any atom is 0.313 e. The molecule has 1 rings (SSSR count). The molecule has 0 radical (unpaired) electrons. The summed E-state index contributed by atoms with van der Waals surface area (Å²) < 4.78 is 13.8. The van der Waals surface area contributed by atoms with Crippen LogP contribution in [0.3, 0.4) is 0 Å². The van der Waals surface area contributed by atoms with Gasteiger partial charge in [0.25, 0.3) is 0 Å². The number of anilines is 1. The maximum atomic E-state index is 13.3. The number of hydrogen-bond donors (Lipinski definition) is 3. The average Bonchev–Trinajstić information content (AvgIpc) is 2.29. The number of rotatable bonds is 3. The number of carbonyl (C=O) groups is 2. The molecule has 0 saturated heterocycles. The minimum atomic E-state index is -0.986. The molecule has 0 aliphatic heterocycles. The molecule has 0 atom stereocenters. The van der Waals surface area contributed by atoms with E-state index in [9.17, 15) is 14.0 Å². The summed E-state index contributed by atoms with van der Waals surface area (Å²) in [5.41, 5.74) is -0.0858. The molecule has 0 saturated carbocycles. The minimum Gasteiger partial charge on any atom is -0.395 e. The number of aliphatic hydroxyl groups excluding tert-OH is 1. The van der Waals surface area contributed by atoms with E-state index in [4.69, 9.17) is 5.11 Å². The SMILES string of the molecule is O=C(NCCO)C(=O)Nc1ccc(Br)cc1F. The standard InChI is InChI=1S/C10H10BrFN2O3/c11-6-1-2-8(7(12)5-6)14-10(17)9(16)13-3-4-15/h1-2,5,15H,3-4H2,(H,13,16)(H,14,17). The molecule has 1 aromatic rings. The van der Waals surface area contributed by atoms with Gasteiger partial charge in [-0.1, -0.05) is 15.9 Å². The van der Waals surface area contributed by atoms with Gasteiger partial charge in [0.15, 0.2) is 0 Å². The van der Waals surface area contributed by atoms with Gasteiger partial charge >= 0.3 is 11.8 Å². The molecule has 0 spiro atoms. The lowest BCUT2D eigenvalue weighted by Crippen LogP contribution is -2.37. The lowest BCUT2D eigenvalue weighted by Gasteiger charge is -2.06. The molecule has 0 bridgehead atoms. The fourth-order valence-corrected chi connectivity index (χ4v) is 1.35. The van der Waals surface area contributed by atoms with Crippen LogP contribution in [-0.2, 0) is 9.59 Å². The molecule has 3 N–H and O–H groups in total. The summed E-state index contributed by atoms with van der Waals surface area (Å²) in [6.45, 7) is -0.305. The zero-order valence-corrected chi connectivity index (χ0v) is 10.3. The second-order valence-corrected chi connectivity index (χ2v) is 3.97. The van der Waals surface area contributed by atoms with Crippen LogP contribution in [0.15, 0.2) is 22.7 Å². The number of amides is 2. The Balaban J connectivity index is 2.64. The summed E-state index contributed by atoms with van der Waals surface area (Å²) in [5, 5.41) is 12.7. The number of aliphatic hydroxyl groups is 1. The summed E-state index contributed by atoms with van der Waals surface area (Å²) >= 11 is 3.07. The maximum absolute atomic E-state index is 13.3. The topological polar surface area (TPSA) is 78.4 Å². The average molecular weight is 305 g/mol. The van der Waals surface area contributed by atoms with Crippen LogP contribution in [0, 0.1) is 5.82 Å². The first kappa shape index (κ1) is 13.6. The van der Waals surface area contributed by atoms with Crippen LogP contribution in [0.5, 0.6) is 0 Å². The summed E-state index contributed by atoms with van der Waals surface area (Å²) in [6.07, 6.45) is 0. The normalized spacial score (nSPS) is 9.82. The number of nitrogens with one attached hydrogen (secondary N) is 2. The first-order valence-corrected chi connectivity index (χ1v) is 5.49. The first-order chi connectivity index (χ1) is 8.04. The fraction of sp³-hybridized carbons (Fsp3) is 0.200. The van der Waals surface area contributed by atoms with Gasteiger partial charge in [-0.05, 0) is 18.2 Å². The summed E-state index contributed by atoms with van der Waals surface area (Å²) in [7, 11) is 0. The summed E-state index contributed by atoms with van der Waals surface area (Å²) in [4.78, 5) is 22.4. The van der Waals surface area contributed by atoms with Crippen molar-refractivity contribution in [3.8, 4) is 0 Å². The van der Waals surface area contributed by atoms with E-state index in [1.165, 1.54) is 18.2 Å². The van der Waals surface area contributed by atoms with Gasteiger partial charge in [-0.25, -0.2) is 4.39 Å². The van der Waals surface area contributed by atoms with E-state index < -0.39 is 17.6 Å². The molecule has 0 fully saturated rings. The molecule has 0 aliphatic carbocycles. The molecular formula is C10H10BrFN2O3. The largest absolute Gasteiger partial charge is 0.395 e. The van der Waals surface area contributed by atoms with Gasteiger partial charge < -0.3 is 15.7 Å². The van der Waals surface area contributed by atoms with Crippen molar-refractivity contribution in [3.05, 3.63) is 28.5 Å². The quantitative estimate of drug-likeness (QED) is 0.717. The van der Waals surface area contributed by atoms with Crippen molar-refractivity contribution < 1.29 is 19.1 Å².